The van der Waals surface area contributed by atoms with E-state index in [0.717, 1.165) is 6.42 Å². The van der Waals surface area contributed by atoms with E-state index in [4.69, 9.17) is 0 Å². The van der Waals surface area contributed by atoms with Crippen molar-refractivity contribution < 1.29 is 0 Å². The normalized spacial score (nSPS) is 11.2. The van der Waals surface area contributed by atoms with Crippen molar-refractivity contribution in [3.63, 3.8) is 0 Å². The average molecular weight is 371 g/mol. The topological polar surface area (TPSA) is 0 Å². The van der Waals surface area contributed by atoms with E-state index in [1.807, 2.05) is 0 Å². The standard InChI is InChI=1S/C28H34/c1-5-7-12-22-13-10-15-24(19-22)27-18-17-25(20-28(27)21(3)4)26-16-9-8-14-23(26)11-6-2/h8-10,13-21H,5-7,11-12H2,1-4H3. The van der Waals surface area contributed by atoms with Gasteiger partial charge in [-0.05, 0) is 64.1 Å². The Labute approximate surface area is 171 Å². The van der Waals surface area contributed by atoms with Crippen molar-refractivity contribution in [3.05, 3.63) is 83.4 Å². The fourth-order valence-corrected chi connectivity index (χ4v) is 4.04. The maximum Gasteiger partial charge on any atom is -0.0149 e. The molecule has 3 aromatic rings. The van der Waals surface area contributed by atoms with Gasteiger partial charge < -0.3 is 0 Å². The third kappa shape index (κ3) is 4.73. The Morgan fingerprint density at radius 2 is 1.46 bits per heavy atom. The zero-order valence-corrected chi connectivity index (χ0v) is 18.0. The summed E-state index contributed by atoms with van der Waals surface area (Å²) >= 11 is 0. The smallest absolute Gasteiger partial charge is 0.0149 e. The van der Waals surface area contributed by atoms with Crippen molar-refractivity contribution in [2.45, 2.75) is 65.7 Å². The number of unbranched alkanes of at least 4 members (excludes halogenated alkanes) is 1. The zero-order valence-electron chi connectivity index (χ0n) is 18.0. The molecule has 0 aromatic heterocycles. The number of hydrogen-bond donors (Lipinski definition) is 0. The van der Waals surface area contributed by atoms with Crippen LogP contribution in [0.4, 0.5) is 0 Å². The molecule has 0 atom stereocenters. The second-order valence-corrected chi connectivity index (χ2v) is 8.17. The van der Waals surface area contributed by atoms with Gasteiger partial charge in [0.05, 0.1) is 0 Å². The minimum absolute atomic E-state index is 0.493. The first kappa shape index (κ1) is 20.4. The summed E-state index contributed by atoms with van der Waals surface area (Å²) in [5, 5.41) is 0. The Hall–Kier alpha value is -2.34. The number of aryl methyl sites for hydroxylation is 2. The molecule has 0 fully saturated rings. The summed E-state index contributed by atoms with van der Waals surface area (Å²) in [5.74, 6) is 0.493. The predicted molar refractivity (Wildman–Crippen MR) is 124 cm³/mol. The van der Waals surface area contributed by atoms with E-state index in [1.54, 1.807) is 0 Å². The third-order valence-corrected chi connectivity index (χ3v) is 5.58. The second-order valence-electron chi connectivity index (χ2n) is 8.17. The molecule has 0 bridgehead atoms. The molecule has 0 nitrogen and oxygen atoms in total. The van der Waals surface area contributed by atoms with Crippen LogP contribution < -0.4 is 0 Å². The first-order chi connectivity index (χ1) is 13.6. The fraction of sp³-hybridized carbons (Fsp3) is 0.357. The Morgan fingerprint density at radius 1 is 0.679 bits per heavy atom. The van der Waals surface area contributed by atoms with Gasteiger partial charge in [0.2, 0.25) is 0 Å². The second kappa shape index (κ2) is 9.73. The average Bonchev–Trinajstić information content (AvgIpc) is 2.72. The van der Waals surface area contributed by atoms with E-state index >= 15 is 0 Å². The van der Waals surface area contributed by atoms with Crippen LogP contribution in [0, 0.1) is 0 Å². The first-order valence-electron chi connectivity index (χ1n) is 11.0. The van der Waals surface area contributed by atoms with E-state index < -0.39 is 0 Å². The minimum atomic E-state index is 0.493. The molecule has 0 unspecified atom stereocenters. The molecule has 0 N–H and O–H groups in total. The monoisotopic (exact) mass is 370 g/mol. The van der Waals surface area contributed by atoms with E-state index in [1.165, 1.54) is 64.6 Å². The maximum absolute atomic E-state index is 2.42. The van der Waals surface area contributed by atoms with E-state index in [0.29, 0.717) is 5.92 Å². The van der Waals surface area contributed by atoms with Crippen LogP contribution in [-0.4, -0.2) is 0 Å². The molecule has 0 aliphatic heterocycles. The van der Waals surface area contributed by atoms with Gasteiger partial charge in [-0.3, -0.25) is 0 Å². The van der Waals surface area contributed by atoms with Crippen LogP contribution in [0.5, 0.6) is 0 Å². The number of rotatable bonds is 8. The molecule has 0 amide bonds. The van der Waals surface area contributed by atoms with Crippen molar-refractivity contribution >= 4 is 0 Å². The summed E-state index contributed by atoms with van der Waals surface area (Å²) in [5.41, 5.74) is 9.81. The van der Waals surface area contributed by atoms with Crippen molar-refractivity contribution in [1.82, 2.24) is 0 Å². The molecular weight excluding hydrogens is 336 g/mol. The third-order valence-electron chi connectivity index (χ3n) is 5.58. The molecule has 0 radical (unpaired) electrons. The summed E-state index contributed by atoms with van der Waals surface area (Å²) in [6.07, 6.45) is 5.98. The van der Waals surface area contributed by atoms with Crippen molar-refractivity contribution in [3.8, 4) is 22.3 Å². The molecule has 146 valence electrons. The van der Waals surface area contributed by atoms with Gasteiger partial charge in [0, 0.05) is 0 Å². The summed E-state index contributed by atoms with van der Waals surface area (Å²) in [4.78, 5) is 0. The molecule has 0 heteroatoms. The van der Waals surface area contributed by atoms with E-state index in [9.17, 15) is 0 Å². The number of benzene rings is 3. The highest BCUT2D eigenvalue weighted by Crippen LogP contribution is 2.35. The van der Waals surface area contributed by atoms with Crippen LogP contribution in [-0.2, 0) is 12.8 Å². The summed E-state index contributed by atoms with van der Waals surface area (Å²) in [7, 11) is 0. The highest BCUT2D eigenvalue weighted by atomic mass is 14.2. The Bertz CT molecular complexity index is 901. The lowest BCUT2D eigenvalue weighted by atomic mass is 9.87. The molecule has 0 saturated heterocycles. The Morgan fingerprint density at radius 3 is 2.21 bits per heavy atom. The molecule has 28 heavy (non-hydrogen) atoms. The minimum Gasteiger partial charge on any atom is -0.0654 e. The first-order valence-corrected chi connectivity index (χ1v) is 11.0. The predicted octanol–water partition coefficient (Wildman–Crippen LogP) is 8.44. The SMILES string of the molecule is CCCCc1cccc(-c2ccc(-c3ccccc3CCC)cc2C(C)C)c1. The van der Waals surface area contributed by atoms with Crippen LogP contribution >= 0.6 is 0 Å². The van der Waals surface area contributed by atoms with Crippen LogP contribution in [0.3, 0.4) is 0 Å². The molecule has 0 aliphatic rings. The van der Waals surface area contributed by atoms with E-state index in [-0.39, 0.29) is 0 Å². The molecule has 0 heterocycles. The number of hydrogen-bond acceptors (Lipinski definition) is 0. The van der Waals surface area contributed by atoms with E-state index in [2.05, 4.69) is 94.4 Å². The largest absolute Gasteiger partial charge is 0.0654 e. The van der Waals surface area contributed by atoms with Crippen molar-refractivity contribution in [2.75, 3.05) is 0 Å². The van der Waals surface area contributed by atoms with Crippen LogP contribution in [0.15, 0.2) is 66.7 Å². The van der Waals surface area contributed by atoms with Gasteiger partial charge in [0.1, 0.15) is 0 Å². The van der Waals surface area contributed by atoms with Crippen molar-refractivity contribution in [1.29, 1.82) is 0 Å². The van der Waals surface area contributed by atoms with Crippen molar-refractivity contribution in [2.24, 2.45) is 0 Å². The Kier molecular flexibility index (Phi) is 7.09. The fourth-order valence-electron chi connectivity index (χ4n) is 4.04. The highest BCUT2D eigenvalue weighted by Gasteiger charge is 2.12. The van der Waals surface area contributed by atoms with Gasteiger partial charge in [0.25, 0.3) is 0 Å². The molecular formula is C28H34. The van der Waals surface area contributed by atoms with Gasteiger partial charge in [-0.1, -0.05) is 107 Å². The quantitative estimate of drug-likeness (QED) is 0.373. The van der Waals surface area contributed by atoms with Gasteiger partial charge >= 0.3 is 0 Å². The highest BCUT2D eigenvalue weighted by molar-refractivity contribution is 5.76. The lowest BCUT2D eigenvalue weighted by Crippen LogP contribution is -1.96. The van der Waals surface area contributed by atoms with Crippen LogP contribution in [0.1, 0.15) is 69.6 Å². The molecule has 3 rings (SSSR count). The van der Waals surface area contributed by atoms with Gasteiger partial charge in [-0.2, -0.15) is 0 Å². The van der Waals surface area contributed by atoms with Gasteiger partial charge in [0.15, 0.2) is 0 Å². The van der Waals surface area contributed by atoms with Crippen LogP contribution in [0.25, 0.3) is 22.3 Å². The van der Waals surface area contributed by atoms with Crippen LogP contribution in [0.2, 0.25) is 0 Å². The molecule has 0 spiro atoms. The molecule has 0 aliphatic carbocycles. The summed E-state index contributed by atoms with van der Waals surface area (Å²) < 4.78 is 0. The summed E-state index contributed by atoms with van der Waals surface area (Å²) in [6, 6.07) is 25.1. The maximum atomic E-state index is 2.42. The molecule has 0 saturated carbocycles. The van der Waals surface area contributed by atoms with Gasteiger partial charge in [-0.25, -0.2) is 0 Å². The molecule has 3 aromatic carbocycles. The lowest BCUT2D eigenvalue weighted by molar-refractivity contribution is 0.795. The van der Waals surface area contributed by atoms with Gasteiger partial charge in [-0.15, -0.1) is 0 Å². The Balaban J connectivity index is 2.04. The summed E-state index contributed by atoms with van der Waals surface area (Å²) in [6.45, 7) is 9.13. The lowest BCUT2D eigenvalue weighted by Gasteiger charge is -2.17. The zero-order chi connectivity index (χ0) is 19.9.